The van der Waals surface area contributed by atoms with Crippen molar-refractivity contribution in [2.75, 3.05) is 31.5 Å². The van der Waals surface area contributed by atoms with Crippen molar-refractivity contribution in [1.29, 1.82) is 0 Å². The van der Waals surface area contributed by atoms with Gasteiger partial charge in [0.2, 0.25) is 0 Å². The normalized spacial score (nSPS) is 15.8. The number of nitrogens with zero attached hydrogens (tertiary/aromatic N) is 2. The molecule has 0 spiro atoms. The molecule has 2 aromatic rings. The van der Waals surface area contributed by atoms with Crippen LogP contribution in [-0.4, -0.2) is 71.6 Å². The van der Waals surface area contributed by atoms with Gasteiger partial charge in [-0.3, -0.25) is 4.79 Å². The third-order valence-electron chi connectivity index (χ3n) is 7.11. The van der Waals surface area contributed by atoms with Crippen molar-refractivity contribution in [3.8, 4) is 5.75 Å². The van der Waals surface area contributed by atoms with Crippen molar-refractivity contribution < 1.29 is 46.2 Å². The lowest BCUT2D eigenvalue weighted by atomic mass is 9.97. The highest BCUT2D eigenvalue weighted by atomic mass is 19.4. The zero-order valence-electron chi connectivity index (χ0n) is 27.2. The second-order valence-corrected chi connectivity index (χ2v) is 13.2. The largest absolute Gasteiger partial charge is 0.573 e. The number of hydrogen-bond acceptors (Lipinski definition) is 6. The van der Waals surface area contributed by atoms with E-state index in [1.54, 1.807) is 53.7 Å². The van der Waals surface area contributed by atoms with Gasteiger partial charge in [-0.15, -0.1) is 13.2 Å². The maximum atomic E-state index is 15.2. The lowest BCUT2D eigenvalue weighted by molar-refractivity contribution is -0.274. The molecule has 0 unspecified atom stereocenters. The van der Waals surface area contributed by atoms with Crippen LogP contribution in [0, 0.1) is 5.82 Å². The first-order valence-electron chi connectivity index (χ1n) is 15.1. The molecule has 0 aromatic heterocycles. The van der Waals surface area contributed by atoms with Crippen molar-refractivity contribution >= 4 is 34.9 Å². The molecule has 2 aliphatic heterocycles. The molecule has 1 N–H and O–H groups in total. The van der Waals surface area contributed by atoms with Gasteiger partial charge >= 0.3 is 18.5 Å². The number of amides is 3. The highest BCUT2D eigenvalue weighted by molar-refractivity contribution is 6.04. The summed E-state index contributed by atoms with van der Waals surface area (Å²) in [5.74, 6) is -1.92. The van der Waals surface area contributed by atoms with E-state index >= 15 is 4.39 Å². The average molecular weight is 662 g/mol. The molecule has 13 heteroatoms. The van der Waals surface area contributed by atoms with E-state index in [0.717, 1.165) is 12.1 Å². The molecule has 0 radical (unpaired) electrons. The van der Waals surface area contributed by atoms with Gasteiger partial charge in [-0.2, -0.15) is 0 Å². The Morgan fingerprint density at radius 2 is 1.26 bits per heavy atom. The number of carbonyl (C=O) groups excluding carboxylic acids is 3. The van der Waals surface area contributed by atoms with E-state index in [9.17, 15) is 27.6 Å². The first-order chi connectivity index (χ1) is 21.8. The molecule has 4 rings (SSSR count). The summed E-state index contributed by atoms with van der Waals surface area (Å²) in [6.45, 7) is 11.5. The van der Waals surface area contributed by atoms with Gasteiger partial charge in [0.25, 0.3) is 5.91 Å². The molecular formula is C34H39F4N3O6. The van der Waals surface area contributed by atoms with Crippen LogP contribution in [-0.2, 0) is 9.47 Å². The number of halogens is 4. The highest BCUT2D eigenvalue weighted by Gasteiger charge is 2.33. The standard InChI is InChI=1S/C34H39F4N3O6/c1-32(2,3)46-30(43)40-15-11-21(12-16-40)25-9-7-23(19-27(25)35)29(42)39-24-8-10-26(28(20-24)45-34(36,37)38)22-13-17-41(18-14-22)31(44)47-33(4,5)6/h7-11,13,19-20H,12,14-18H2,1-6H3,(H,39,42). The number of alkyl halides is 3. The van der Waals surface area contributed by atoms with Gasteiger partial charge in [0.05, 0.1) is 0 Å². The molecule has 0 aliphatic carbocycles. The molecule has 3 amide bonds. The molecule has 0 atom stereocenters. The van der Waals surface area contributed by atoms with Crippen LogP contribution in [0.5, 0.6) is 5.75 Å². The number of benzene rings is 2. The van der Waals surface area contributed by atoms with E-state index in [0.29, 0.717) is 24.1 Å². The van der Waals surface area contributed by atoms with Gasteiger partial charge in [0.1, 0.15) is 22.8 Å². The van der Waals surface area contributed by atoms with Crippen molar-refractivity contribution in [3.05, 3.63) is 71.1 Å². The summed E-state index contributed by atoms with van der Waals surface area (Å²) in [6.07, 6.45) is -2.00. The van der Waals surface area contributed by atoms with E-state index in [2.05, 4.69) is 10.1 Å². The van der Waals surface area contributed by atoms with Gasteiger partial charge in [-0.1, -0.05) is 18.2 Å². The number of rotatable bonds is 5. The van der Waals surface area contributed by atoms with Crippen molar-refractivity contribution in [3.63, 3.8) is 0 Å². The molecule has 0 saturated heterocycles. The van der Waals surface area contributed by atoms with E-state index in [1.165, 1.54) is 34.1 Å². The molecule has 9 nitrogen and oxygen atoms in total. The summed E-state index contributed by atoms with van der Waals surface area (Å²) in [5.41, 5.74) is 0.272. The third-order valence-corrected chi connectivity index (χ3v) is 7.11. The summed E-state index contributed by atoms with van der Waals surface area (Å²) >= 11 is 0. The minimum absolute atomic E-state index is 0.00602. The molecule has 2 aliphatic rings. The lowest BCUT2D eigenvalue weighted by Gasteiger charge is -2.30. The van der Waals surface area contributed by atoms with Crippen molar-refractivity contribution in [2.45, 2.75) is 71.9 Å². The summed E-state index contributed by atoms with van der Waals surface area (Å²) < 4.78 is 70.3. The Kier molecular flexibility index (Phi) is 10.3. The monoisotopic (exact) mass is 661 g/mol. The second-order valence-electron chi connectivity index (χ2n) is 13.2. The average Bonchev–Trinajstić information content (AvgIpc) is 2.95. The van der Waals surface area contributed by atoms with Gasteiger partial charge in [-0.05, 0) is 89.8 Å². The fourth-order valence-electron chi connectivity index (χ4n) is 5.01. The van der Waals surface area contributed by atoms with Gasteiger partial charge in [0.15, 0.2) is 0 Å². The first kappa shape index (κ1) is 35.3. The van der Waals surface area contributed by atoms with Crippen LogP contribution in [0.4, 0.5) is 32.8 Å². The number of anilines is 1. The first-order valence-corrected chi connectivity index (χ1v) is 15.1. The maximum Gasteiger partial charge on any atom is 0.573 e. The van der Waals surface area contributed by atoms with E-state index in [4.69, 9.17) is 9.47 Å². The third kappa shape index (κ3) is 9.97. The zero-order chi connectivity index (χ0) is 34.7. The lowest BCUT2D eigenvalue weighted by Crippen LogP contribution is -2.39. The van der Waals surface area contributed by atoms with Crippen LogP contribution in [0.25, 0.3) is 11.1 Å². The summed E-state index contributed by atoms with van der Waals surface area (Å²) in [7, 11) is 0. The van der Waals surface area contributed by atoms with Crippen LogP contribution >= 0.6 is 0 Å². The van der Waals surface area contributed by atoms with E-state index < -0.39 is 47.2 Å². The quantitative estimate of drug-likeness (QED) is 0.326. The number of hydrogen-bond donors (Lipinski definition) is 1. The minimum Gasteiger partial charge on any atom is -0.444 e. The van der Waals surface area contributed by atoms with Gasteiger partial charge in [-0.25, -0.2) is 14.0 Å². The molecule has 0 saturated carbocycles. The Balaban J connectivity index is 1.46. The molecule has 254 valence electrons. The Morgan fingerprint density at radius 3 is 1.70 bits per heavy atom. The second kappa shape index (κ2) is 13.7. The van der Waals surface area contributed by atoms with Crippen LogP contribution in [0.1, 0.15) is 75.9 Å². The number of nitrogens with one attached hydrogen (secondary N) is 1. The Morgan fingerprint density at radius 1 is 0.745 bits per heavy atom. The Labute approximate surface area is 271 Å². The number of carbonyl (C=O) groups is 3. The van der Waals surface area contributed by atoms with Gasteiger partial charge in [0, 0.05) is 54.6 Å². The minimum atomic E-state index is -5.01. The number of ether oxygens (including phenoxy) is 3. The summed E-state index contributed by atoms with van der Waals surface area (Å²) in [5, 5.41) is 2.51. The van der Waals surface area contributed by atoms with Gasteiger partial charge < -0.3 is 29.3 Å². The highest BCUT2D eigenvalue weighted by Crippen LogP contribution is 2.36. The fraction of sp³-hybridized carbons (Fsp3) is 0.441. The molecular weight excluding hydrogens is 622 g/mol. The molecule has 2 aromatic carbocycles. The fourth-order valence-corrected chi connectivity index (χ4v) is 5.01. The smallest absolute Gasteiger partial charge is 0.444 e. The van der Waals surface area contributed by atoms with E-state index in [1.807, 2.05) is 0 Å². The predicted molar refractivity (Wildman–Crippen MR) is 168 cm³/mol. The van der Waals surface area contributed by atoms with Crippen LogP contribution in [0.15, 0.2) is 48.6 Å². The van der Waals surface area contributed by atoms with Crippen LogP contribution < -0.4 is 10.1 Å². The van der Waals surface area contributed by atoms with Crippen molar-refractivity contribution in [1.82, 2.24) is 9.80 Å². The Bertz CT molecular complexity index is 1590. The molecule has 0 bridgehead atoms. The Hall–Kier alpha value is -4.55. The molecule has 47 heavy (non-hydrogen) atoms. The zero-order valence-corrected chi connectivity index (χ0v) is 27.2. The summed E-state index contributed by atoms with van der Waals surface area (Å²) in [6, 6.07) is 7.79. The molecule has 2 heterocycles. The van der Waals surface area contributed by atoms with Crippen LogP contribution in [0.3, 0.4) is 0 Å². The topological polar surface area (TPSA) is 97.4 Å². The summed E-state index contributed by atoms with van der Waals surface area (Å²) in [4.78, 5) is 40.7. The SMILES string of the molecule is CC(C)(C)OC(=O)N1CC=C(c2ccc(C(=O)Nc3ccc(C4=CCN(C(=O)OC(C)(C)C)CC4)c(OC(F)(F)F)c3)cc2F)CC1. The van der Waals surface area contributed by atoms with Crippen LogP contribution in [0.2, 0.25) is 0 Å². The molecule has 0 fully saturated rings. The predicted octanol–water partition coefficient (Wildman–Crippen LogP) is 8.03. The maximum absolute atomic E-state index is 15.2. The van der Waals surface area contributed by atoms with E-state index in [-0.39, 0.29) is 48.4 Å². The van der Waals surface area contributed by atoms with Crippen molar-refractivity contribution in [2.24, 2.45) is 0 Å².